The van der Waals surface area contributed by atoms with Crippen molar-refractivity contribution in [3.05, 3.63) is 88.1 Å². The summed E-state index contributed by atoms with van der Waals surface area (Å²) in [4.78, 5) is 55.6. The Morgan fingerprint density at radius 2 is 1.80 bits per heavy atom. The summed E-state index contributed by atoms with van der Waals surface area (Å²) in [7, 11) is 3.72. The molecule has 13 heteroatoms. The zero-order chi connectivity index (χ0) is 44.3. The number of halogens is 1. The molecule has 1 fully saturated rings. The number of hydrogen-bond acceptors (Lipinski definition) is 7. The first-order chi connectivity index (χ1) is 29.7. The molecule has 3 aromatic heterocycles. The topological polar surface area (TPSA) is 154 Å². The van der Waals surface area contributed by atoms with Crippen molar-refractivity contribution in [2.75, 3.05) is 26.0 Å². The number of rotatable bonds is 14. The van der Waals surface area contributed by atoms with E-state index >= 15 is 4.39 Å². The van der Waals surface area contributed by atoms with Crippen LogP contribution in [0.3, 0.4) is 0 Å². The van der Waals surface area contributed by atoms with Gasteiger partial charge in [-0.25, -0.2) is 9.37 Å². The van der Waals surface area contributed by atoms with Crippen molar-refractivity contribution in [2.45, 2.75) is 124 Å². The van der Waals surface area contributed by atoms with E-state index in [-0.39, 0.29) is 17.4 Å². The molecular formula is C48H63FN8O4. The third-order valence-electron chi connectivity index (χ3n) is 10.7. The van der Waals surface area contributed by atoms with Crippen molar-refractivity contribution in [1.82, 2.24) is 35.3 Å². The number of H-pyrrole nitrogens is 1. The number of unbranched alkanes of at least 4 members (excludes halogenated alkanes) is 6. The Hall–Kier alpha value is -5.87. The van der Waals surface area contributed by atoms with E-state index in [0.717, 1.165) is 102 Å². The van der Waals surface area contributed by atoms with Gasteiger partial charge in [-0.2, -0.15) is 5.10 Å². The first-order valence-corrected chi connectivity index (χ1v) is 21.9. The van der Waals surface area contributed by atoms with Crippen LogP contribution in [0.2, 0.25) is 0 Å². The predicted molar refractivity (Wildman–Crippen MR) is 242 cm³/mol. The van der Waals surface area contributed by atoms with Crippen LogP contribution in [-0.4, -0.2) is 69.3 Å². The van der Waals surface area contributed by atoms with Crippen LogP contribution in [-0.2, 0) is 22.7 Å². The van der Waals surface area contributed by atoms with E-state index in [2.05, 4.69) is 60.9 Å². The maximum atomic E-state index is 15.2. The predicted octanol–water partition coefficient (Wildman–Crippen LogP) is 9.17. The van der Waals surface area contributed by atoms with Crippen molar-refractivity contribution in [2.24, 2.45) is 0 Å². The number of likely N-dealkylation sites (tertiary alicyclic amines) is 1. The second-order valence-corrected chi connectivity index (χ2v) is 14.7. The van der Waals surface area contributed by atoms with Crippen molar-refractivity contribution in [3.8, 4) is 11.8 Å². The fourth-order valence-electron chi connectivity index (χ4n) is 7.49. The van der Waals surface area contributed by atoms with Crippen LogP contribution in [0, 0.1) is 24.6 Å². The molecule has 1 saturated heterocycles. The number of nitrogens with zero attached hydrogens (tertiary/aromatic N) is 4. The number of nitrogens with one attached hydrogen (secondary N) is 4. The molecule has 2 aliphatic rings. The van der Waals surface area contributed by atoms with Gasteiger partial charge in [-0.05, 0) is 88.5 Å². The number of aromatic amines is 1. The van der Waals surface area contributed by atoms with E-state index in [9.17, 15) is 19.2 Å². The van der Waals surface area contributed by atoms with E-state index in [1.165, 1.54) is 12.5 Å². The van der Waals surface area contributed by atoms with Crippen molar-refractivity contribution in [3.63, 3.8) is 0 Å². The van der Waals surface area contributed by atoms with E-state index in [4.69, 9.17) is 0 Å². The number of anilines is 1. The Labute approximate surface area is 359 Å². The molecule has 2 aliphatic heterocycles. The molecule has 1 atom stereocenters. The second kappa shape index (κ2) is 24.4. The third kappa shape index (κ3) is 12.8. The number of pyridine rings is 1. The van der Waals surface area contributed by atoms with Crippen LogP contribution in [0.15, 0.2) is 48.7 Å². The van der Waals surface area contributed by atoms with Crippen LogP contribution in [0.4, 0.5) is 10.2 Å². The van der Waals surface area contributed by atoms with Crippen molar-refractivity contribution in [1.29, 1.82) is 0 Å². The van der Waals surface area contributed by atoms with Gasteiger partial charge in [0, 0.05) is 85.3 Å². The zero-order valence-corrected chi connectivity index (χ0v) is 37.0. The number of amides is 3. The van der Waals surface area contributed by atoms with Gasteiger partial charge < -0.3 is 25.7 Å². The summed E-state index contributed by atoms with van der Waals surface area (Å²) < 4.78 is 17.1. The van der Waals surface area contributed by atoms with Crippen LogP contribution >= 0.6 is 0 Å². The summed E-state index contributed by atoms with van der Waals surface area (Å²) in [5.74, 6) is 5.73. The molecule has 61 heavy (non-hydrogen) atoms. The molecule has 7 rings (SSSR count). The molecule has 326 valence electrons. The van der Waals surface area contributed by atoms with Gasteiger partial charge in [0.25, 0.3) is 11.8 Å². The Kier molecular flexibility index (Phi) is 19.1. The highest BCUT2D eigenvalue weighted by atomic mass is 19.1. The fraction of sp³-hybridized carbons (Fsp3) is 0.458. The van der Waals surface area contributed by atoms with Gasteiger partial charge in [0.1, 0.15) is 17.9 Å². The Bertz CT molecular complexity index is 2320. The smallest absolute Gasteiger partial charge is 0.259 e. The van der Waals surface area contributed by atoms with Gasteiger partial charge in [-0.3, -0.25) is 24.0 Å². The molecule has 0 bridgehead atoms. The van der Waals surface area contributed by atoms with Crippen LogP contribution < -0.4 is 16.0 Å². The monoisotopic (exact) mass is 834 g/mol. The largest absolute Gasteiger partial charge is 0.359 e. The number of hydrogen-bond donors (Lipinski definition) is 4. The highest BCUT2D eigenvalue weighted by molar-refractivity contribution is 6.06. The summed E-state index contributed by atoms with van der Waals surface area (Å²) in [6.07, 6.45) is 12.4. The molecule has 0 radical (unpaired) electrons. The average molecular weight is 835 g/mol. The molecule has 4 N–H and O–H groups in total. The number of fused-ring (bicyclic) bond motifs is 3. The summed E-state index contributed by atoms with van der Waals surface area (Å²) in [6, 6.07) is 13.0. The lowest BCUT2D eigenvalue weighted by Crippen LogP contribution is -2.17. The number of carbonyl (C=O) groups is 4. The minimum atomic E-state index is -0.583. The first kappa shape index (κ1) is 47.8. The normalized spacial score (nSPS) is 14.0. The summed E-state index contributed by atoms with van der Waals surface area (Å²) >= 11 is 0. The lowest BCUT2D eigenvalue weighted by molar-refractivity contribution is -0.120. The molecule has 2 aromatic carbocycles. The summed E-state index contributed by atoms with van der Waals surface area (Å²) in [5.41, 5.74) is 6.15. The van der Waals surface area contributed by atoms with E-state index in [1.54, 1.807) is 25.4 Å². The highest BCUT2D eigenvalue weighted by Crippen LogP contribution is 2.32. The van der Waals surface area contributed by atoms with Crippen LogP contribution in [0.5, 0.6) is 0 Å². The van der Waals surface area contributed by atoms with Gasteiger partial charge in [0.05, 0.1) is 22.3 Å². The van der Waals surface area contributed by atoms with Crippen LogP contribution in [0.1, 0.15) is 148 Å². The summed E-state index contributed by atoms with van der Waals surface area (Å²) in [5, 5.41) is 14.5. The number of aromatic nitrogens is 4. The van der Waals surface area contributed by atoms with E-state index in [0.29, 0.717) is 49.6 Å². The lowest BCUT2D eigenvalue weighted by atomic mass is 10.0. The average Bonchev–Trinajstić information content (AvgIpc) is 4.07. The molecule has 1 unspecified atom stereocenters. The van der Waals surface area contributed by atoms with Gasteiger partial charge in [0.15, 0.2) is 0 Å². The molecule has 3 amide bonds. The lowest BCUT2D eigenvalue weighted by Gasteiger charge is -2.17. The third-order valence-corrected chi connectivity index (χ3v) is 10.7. The van der Waals surface area contributed by atoms with Crippen LogP contribution in [0.25, 0.3) is 21.8 Å². The maximum Gasteiger partial charge on any atom is 0.259 e. The Morgan fingerprint density at radius 3 is 2.54 bits per heavy atom. The molecule has 0 spiro atoms. The highest BCUT2D eigenvalue weighted by Gasteiger charge is 2.25. The van der Waals surface area contributed by atoms with E-state index in [1.807, 2.05) is 57.5 Å². The molecular weight excluding hydrogens is 772 g/mol. The first-order valence-electron chi connectivity index (χ1n) is 21.9. The van der Waals surface area contributed by atoms with Crippen molar-refractivity contribution >= 4 is 51.6 Å². The minimum Gasteiger partial charge on any atom is -0.359 e. The van der Waals surface area contributed by atoms with Gasteiger partial charge in [-0.1, -0.05) is 64.9 Å². The molecule has 5 heterocycles. The second-order valence-electron chi connectivity index (χ2n) is 14.7. The van der Waals surface area contributed by atoms with Gasteiger partial charge in [-0.15, -0.1) is 0 Å². The Balaban J connectivity index is 0.000000556. The minimum absolute atomic E-state index is 0.00292. The van der Waals surface area contributed by atoms with E-state index < -0.39 is 11.7 Å². The SMILES string of the molecule is CC.CC.CNC(=O)CCCC=O.Cc1nn(CCCCCCCC#Cc2cccc3c2CNC3=O)c2cc(C(=O)Nc3cc4[nH]c(C5CCCN5C)cc4cn3)c(F)cc12. The maximum absolute atomic E-state index is 15.2. The molecule has 5 aromatic rings. The standard InChI is InChI=1S/C38H40FN7O2.C6H11NO2.2C2H6/c1-24-28-19-31(39)29(38(48)43-36-21-32-26(22-40-36)18-33(42-32)34-15-11-16-45(34)2)20-35(28)46(44-24)17-9-7-5-3-4-6-8-12-25-13-10-14-27-30(25)23-41-37(27)47;1-7-6(9)4-2-3-5-8;2*1-2/h10,13-14,18-22,34,42H,3-7,9,11,15-17,23H2,1-2H3,(H,41,47)(H,40,43,48);5H,2-4H2,1H3,(H,7,9);2*1-2H3. The quantitative estimate of drug-likeness (QED) is 0.0494. The summed E-state index contributed by atoms with van der Waals surface area (Å²) in [6.45, 7) is 12.2. The molecule has 0 saturated carbocycles. The fourth-order valence-corrected chi connectivity index (χ4v) is 7.49. The Morgan fingerprint density at radius 1 is 1.03 bits per heavy atom. The number of carbonyl (C=O) groups excluding carboxylic acids is 4. The molecule has 12 nitrogen and oxygen atoms in total. The van der Waals surface area contributed by atoms with Gasteiger partial charge >= 0.3 is 0 Å². The zero-order valence-electron chi connectivity index (χ0n) is 37.0. The number of aldehydes is 1. The van der Waals surface area contributed by atoms with Gasteiger partial charge in [0.2, 0.25) is 5.91 Å². The number of benzene rings is 2. The number of aryl methyl sites for hydroxylation is 2. The molecule has 0 aliphatic carbocycles. The van der Waals surface area contributed by atoms with Crippen molar-refractivity contribution < 1.29 is 23.6 Å².